The molecule has 1 fully saturated rings. The number of nitrogens with zero attached hydrogens (tertiary/aromatic N) is 1. The van der Waals surface area contributed by atoms with Gasteiger partial charge in [0.2, 0.25) is 0 Å². The Morgan fingerprint density at radius 3 is 2.44 bits per heavy atom. The molecule has 0 aliphatic carbocycles. The summed E-state index contributed by atoms with van der Waals surface area (Å²) in [6.07, 6.45) is 0.946. The van der Waals surface area contributed by atoms with Crippen molar-refractivity contribution in [2.45, 2.75) is 38.8 Å². The molecule has 0 amide bonds. The van der Waals surface area contributed by atoms with Gasteiger partial charge in [-0.2, -0.15) is 0 Å². The average molecular weight is 254 g/mol. The zero-order valence-corrected chi connectivity index (χ0v) is 11.1. The van der Waals surface area contributed by atoms with Crippen LogP contribution >= 0.6 is 0 Å². The van der Waals surface area contributed by atoms with Gasteiger partial charge in [0.25, 0.3) is 0 Å². The number of hydrogen-bond donors (Lipinski definition) is 1. The highest BCUT2D eigenvalue weighted by atomic mass is 19.1. The first-order valence-electron chi connectivity index (χ1n) is 6.39. The van der Waals surface area contributed by atoms with Crippen LogP contribution in [0.2, 0.25) is 0 Å². The smallest absolute Gasteiger partial charge is 0.128 e. The van der Waals surface area contributed by atoms with E-state index in [1.54, 1.807) is 0 Å². The van der Waals surface area contributed by atoms with Gasteiger partial charge in [-0.05, 0) is 32.4 Å². The van der Waals surface area contributed by atoms with Gasteiger partial charge in [0, 0.05) is 36.4 Å². The summed E-state index contributed by atoms with van der Waals surface area (Å²) in [6, 6.07) is 4.01. The van der Waals surface area contributed by atoms with E-state index in [4.69, 9.17) is 0 Å². The SMILES string of the molecule is CCC1CNC(C)(C)CN1c1cc(F)cc(F)c1. The molecule has 0 bridgehead atoms. The van der Waals surface area contributed by atoms with Gasteiger partial charge in [0.1, 0.15) is 11.6 Å². The van der Waals surface area contributed by atoms with Gasteiger partial charge < -0.3 is 10.2 Å². The van der Waals surface area contributed by atoms with Crippen LogP contribution in [0.1, 0.15) is 27.2 Å². The average Bonchev–Trinajstić information content (AvgIpc) is 2.26. The van der Waals surface area contributed by atoms with Crippen LogP contribution in [0.4, 0.5) is 14.5 Å². The molecule has 100 valence electrons. The molecular weight excluding hydrogens is 234 g/mol. The Hall–Kier alpha value is -1.16. The van der Waals surface area contributed by atoms with E-state index >= 15 is 0 Å². The predicted octanol–water partition coefficient (Wildman–Crippen LogP) is 2.93. The molecule has 1 saturated heterocycles. The number of rotatable bonds is 2. The van der Waals surface area contributed by atoms with Gasteiger partial charge in [-0.25, -0.2) is 8.78 Å². The Bertz CT molecular complexity index is 412. The molecule has 1 N–H and O–H groups in total. The molecule has 0 saturated carbocycles. The van der Waals surface area contributed by atoms with Crippen LogP contribution in [0.5, 0.6) is 0 Å². The maximum absolute atomic E-state index is 13.3. The van der Waals surface area contributed by atoms with Crippen molar-refractivity contribution in [3.8, 4) is 0 Å². The molecule has 18 heavy (non-hydrogen) atoms. The Morgan fingerprint density at radius 1 is 1.28 bits per heavy atom. The summed E-state index contributed by atoms with van der Waals surface area (Å²) in [5.41, 5.74) is 0.586. The second kappa shape index (κ2) is 4.84. The third kappa shape index (κ3) is 2.80. The standard InChI is InChI=1S/C14H20F2N2/c1-4-12-8-17-14(2,3)9-18(12)13-6-10(15)5-11(16)7-13/h5-7,12,17H,4,8-9H2,1-3H3. The molecule has 4 heteroatoms. The highest BCUT2D eigenvalue weighted by Gasteiger charge is 2.32. The van der Waals surface area contributed by atoms with Crippen molar-refractivity contribution < 1.29 is 8.78 Å². The fraction of sp³-hybridized carbons (Fsp3) is 0.571. The third-order valence-corrected chi connectivity index (χ3v) is 3.47. The summed E-state index contributed by atoms with van der Waals surface area (Å²) >= 11 is 0. The molecule has 1 aliphatic rings. The number of benzene rings is 1. The molecule has 2 rings (SSSR count). The van der Waals surface area contributed by atoms with Crippen molar-refractivity contribution in [3.63, 3.8) is 0 Å². The van der Waals surface area contributed by atoms with E-state index in [2.05, 4.69) is 31.0 Å². The Morgan fingerprint density at radius 2 is 1.89 bits per heavy atom. The zero-order valence-electron chi connectivity index (χ0n) is 11.1. The lowest BCUT2D eigenvalue weighted by molar-refractivity contribution is 0.306. The van der Waals surface area contributed by atoms with Crippen molar-refractivity contribution in [2.75, 3.05) is 18.0 Å². The van der Waals surface area contributed by atoms with E-state index < -0.39 is 11.6 Å². The van der Waals surface area contributed by atoms with Crippen LogP contribution < -0.4 is 10.2 Å². The highest BCUT2D eigenvalue weighted by Crippen LogP contribution is 2.26. The second-order valence-corrected chi connectivity index (χ2v) is 5.58. The lowest BCUT2D eigenvalue weighted by Crippen LogP contribution is -2.61. The minimum Gasteiger partial charge on any atom is -0.365 e. The predicted molar refractivity (Wildman–Crippen MR) is 69.9 cm³/mol. The van der Waals surface area contributed by atoms with Crippen molar-refractivity contribution in [1.29, 1.82) is 0 Å². The minimum atomic E-state index is -0.517. The molecule has 1 unspecified atom stereocenters. The van der Waals surface area contributed by atoms with Crippen LogP contribution in [0.25, 0.3) is 0 Å². The Balaban J connectivity index is 2.32. The van der Waals surface area contributed by atoms with Crippen LogP contribution in [0, 0.1) is 11.6 Å². The van der Waals surface area contributed by atoms with Gasteiger partial charge in [-0.15, -0.1) is 0 Å². The number of hydrogen-bond acceptors (Lipinski definition) is 2. The van der Waals surface area contributed by atoms with Gasteiger partial charge in [0.05, 0.1) is 0 Å². The van der Waals surface area contributed by atoms with E-state index in [1.165, 1.54) is 12.1 Å². The summed E-state index contributed by atoms with van der Waals surface area (Å²) in [6.45, 7) is 7.87. The molecule has 0 aromatic heterocycles. The van der Waals surface area contributed by atoms with Crippen molar-refractivity contribution >= 4 is 5.69 Å². The molecule has 1 heterocycles. The molecule has 2 nitrogen and oxygen atoms in total. The first-order chi connectivity index (χ1) is 8.41. The normalized spacial score (nSPS) is 23.2. The number of nitrogens with one attached hydrogen (secondary N) is 1. The molecule has 1 aliphatic heterocycles. The summed E-state index contributed by atoms with van der Waals surface area (Å²) in [7, 11) is 0. The summed E-state index contributed by atoms with van der Waals surface area (Å²) in [5, 5.41) is 3.46. The van der Waals surface area contributed by atoms with Crippen LogP contribution in [-0.4, -0.2) is 24.7 Å². The molecule has 1 aromatic rings. The maximum atomic E-state index is 13.3. The third-order valence-electron chi connectivity index (χ3n) is 3.47. The summed E-state index contributed by atoms with van der Waals surface area (Å²) in [4.78, 5) is 2.10. The van der Waals surface area contributed by atoms with Crippen molar-refractivity contribution in [1.82, 2.24) is 5.32 Å². The zero-order chi connectivity index (χ0) is 13.3. The second-order valence-electron chi connectivity index (χ2n) is 5.58. The van der Waals surface area contributed by atoms with Crippen LogP contribution in [0.15, 0.2) is 18.2 Å². The van der Waals surface area contributed by atoms with Crippen molar-refractivity contribution in [3.05, 3.63) is 29.8 Å². The fourth-order valence-corrected chi connectivity index (χ4v) is 2.49. The minimum absolute atomic E-state index is 0.0472. The largest absolute Gasteiger partial charge is 0.365 e. The Kier molecular flexibility index (Phi) is 3.57. The summed E-state index contributed by atoms with van der Waals surface area (Å²) < 4.78 is 26.6. The molecular formula is C14H20F2N2. The molecule has 1 aromatic carbocycles. The first kappa shape index (κ1) is 13.3. The van der Waals surface area contributed by atoms with Crippen LogP contribution in [0.3, 0.4) is 0 Å². The topological polar surface area (TPSA) is 15.3 Å². The number of anilines is 1. The van der Waals surface area contributed by atoms with Gasteiger partial charge in [-0.1, -0.05) is 6.92 Å². The molecule has 0 radical (unpaired) electrons. The highest BCUT2D eigenvalue weighted by molar-refractivity contribution is 5.49. The van der Waals surface area contributed by atoms with Gasteiger partial charge >= 0.3 is 0 Å². The lowest BCUT2D eigenvalue weighted by Gasteiger charge is -2.45. The van der Waals surface area contributed by atoms with E-state index in [-0.39, 0.29) is 11.6 Å². The van der Waals surface area contributed by atoms with E-state index in [0.29, 0.717) is 5.69 Å². The monoisotopic (exact) mass is 254 g/mol. The number of piperazine rings is 1. The molecule has 0 spiro atoms. The Labute approximate surface area is 107 Å². The van der Waals surface area contributed by atoms with Crippen LogP contribution in [-0.2, 0) is 0 Å². The fourth-order valence-electron chi connectivity index (χ4n) is 2.49. The quantitative estimate of drug-likeness (QED) is 0.873. The molecule has 1 atom stereocenters. The first-order valence-corrected chi connectivity index (χ1v) is 6.39. The van der Waals surface area contributed by atoms with Gasteiger partial charge in [0.15, 0.2) is 0 Å². The van der Waals surface area contributed by atoms with Gasteiger partial charge in [-0.3, -0.25) is 0 Å². The van der Waals surface area contributed by atoms with E-state index in [9.17, 15) is 8.78 Å². The van der Waals surface area contributed by atoms with E-state index in [0.717, 1.165) is 25.6 Å². The number of halogens is 2. The van der Waals surface area contributed by atoms with E-state index in [1.807, 2.05) is 0 Å². The van der Waals surface area contributed by atoms with Crippen molar-refractivity contribution in [2.24, 2.45) is 0 Å². The maximum Gasteiger partial charge on any atom is 0.128 e. The summed E-state index contributed by atoms with van der Waals surface area (Å²) in [5.74, 6) is -1.03. The lowest BCUT2D eigenvalue weighted by atomic mass is 9.97.